The highest BCUT2D eigenvalue weighted by atomic mass is 15.0. The third-order valence-electron chi connectivity index (χ3n) is 3.65. The Balaban J connectivity index is 2.21. The lowest BCUT2D eigenvalue weighted by atomic mass is 9.91. The van der Waals surface area contributed by atoms with E-state index in [9.17, 15) is 0 Å². The lowest BCUT2D eigenvalue weighted by molar-refractivity contribution is 0.862. The number of hydrogen-bond donors (Lipinski definition) is 2. The van der Waals surface area contributed by atoms with E-state index in [1.807, 2.05) is 40.0 Å². The van der Waals surface area contributed by atoms with Gasteiger partial charge in [-0.2, -0.15) is 0 Å². The predicted octanol–water partition coefficient (Wildman–Crippen LogP) is 2.94. The Hall–Kier alpha value is -2.43. The summed E-state index contributed by atoms with van der Waals surface area (Å²) in [5, 5.41) is 0. The van der Waals surface area contributed by atoms with E-state index in [0.29, 0.717) is 0 Å². The van der Waals surface area contributed by atoms with Crippen molar-refractivity contribution >= 4 is 0 Å². The van der Waals surface area contributed by atoms with Crippen molar-refractivity contribution in [3.05, 3.63) is 64.5 Å². The summed E-state index contributed by atoms with van der Waals surface area (Å²) in [4.78, 5) is 20.2. The van der Waals surface area contributed by atoms with Gasteiger partial charge in [-0.25, -0.2) is 9.97 Å². The van der Waals surface area contributed by atoms with E-state index < -0.39 is 0 Å². The Morgan fingerprint density at radius 2 is 1.48 bits per heavy atom. The Kier molecular flexibility index (Phi) is 3.33. The molecule has 0 aliphatic carbocycles. The highest BCUT2D eigenvalue weighted by molar-refractivity contribution is 5.40. The monoisotopic (exact) mass is 281 g/mol. The largest absolute Gasteiger partial charge is 0.346 e. The average Bonchev–Trinajstić information content (AvgIpc) is 2.94. The number of H-pyrrole nitrogens is 2. The average molecular weight is 281 g/mol. The molecule has 0 saturated carbocycles. The van der Waals surface area contributed by atoms with E-state index in [-0.39, 0.29) is 5.92 Å². The molecule has 0 bridgehead atoms. The van der Waals surface area contributed by atoms with Crippen molar-refractivity contribution in [1.29, 1.82) is 0 Å². The topological polar surface area (TPSA) is 70.2 Å². The van der Waals surface area contributed by atoms with E-state index >= 15 is 0 Å². The fourth-order valence-electron chi connectivity index (χ4n) is 2.81. The molecule has 3 aromatic rings. The molecular formula is C16H19N5. The van der Waals surface area contributed by atoms with Gasteiger partial charge < -0.3 is 9.97 Å². The molecule has 0 unspecified atom stereocenters. The van der Waals surface area contributed by atoms with Crippen LogP contribution in [0.1, 0.15) is 45.9 Å². The third kappa shape index (κ3) is 2.46. The van der Waals surface area contributed by atoms with Crippen LogP contribution in [-0.4, -0.2) is 24.9 Å². The molecule has 21 heavy (non-hydrogen) atoms. The molecule has 0 amide bonds. The highest BCUT2D eigenvalue weighted by Gasteiger charge is 2.25. The first-order valence-corrected chi connectivity index (χ1v) is 7.02. The first-order valence-electron chi connectivity index (χ1n) is 7.02. The van der Waals surface area contributed by atoms with Crippen molar-refractivity contribution in [2.24, 2.45) is 0 Å². The Morgan fingerprint density at radius 1 is 0.905 bits per heavy atom. The van der Waals surface area contributed by atoms with E-state index in [2.05, 4.69) is 31.0 Å². The maximum absolute atomic E-state index is 4.68. The number of nitrogens with zero attached hydrogens (tertiary/aromatic N) is 3. The van der Waals surface area contributed by atoms with Crippen molar-refractivity contribution < 1.29 is 0 Å². The van der Waals surface area contributed by atoms with Gasteiger partial charge >= 0.3 is 0 Å². The molecule has 0 spiro atoms. The molecule has 5 heteroatoms. The fourth-order valence-corrected chi connectivity index (χ4v) is 2.81. The van der Waals surface area contributed by atoms with Crippen LogP contribution in [0.4, 0.5) is 0 Å². The van der Waals surface area contributed by atoms with Gasteiger partial charge in [0.2, 0.25) is 0 Å². The summed E-state index contributed by atoms with van der Waals surface area (Å²) >= 11 is 0. The standard InChI is InChI=1S/C16H19N5/c1-9-15(20-11(3)18-9)14(13-6-5-7-17-8-13)16-10(2)19-12(4)21-16/h5-8,14H,1-4H3,(H,18,20)(H,19,21). The minimum Gasteiger partial charge on any atom is -0.346 e. The second-order valence-corrected chi connectivity index (χ2v) is 5.38. The lowest BCUT2D eigenvalue weighted by Gasteiger charge is -2.15. The Morgan fingerprint density at radius 3 is 1.86 bits per heavy atom. The zero-order valence-corrected chi connectivity index (χ0v) is 12.7. The summed E-state index contributed by atoms with van der Waals surface area (Å²) in [5.74, 6) is 1.83. The zero-order valence-electron chi connectivity index (χ0n) is 12.7. The fraction of sp³-hybridized carbons (Fsp3) is 0.312. The minimum atomic E-state index is -0.00593. The smallest absolute Gasteiger partial charge is 0.103 e. The number of aromatic nitrogens is 5. The molecule has 0 saturated heterocycles. The molecule has 0 radical (unpaired) electrons. The predicted molar refractivity (Wildman–Crippen MR) is 81.3 cm³/mol. The molecule has 0 aromatic carbocycles. The van der Waals surface area contributed by atoms with Crippen LogP contribution in [0.5, 0.6) is 0 Å². The number of imidazole rings is 2. The van der Waals surface area contributed by atoms with Gasteiger partial charge in [-0.1, -0.05) is 6.07 Å². The van der Waals surface area contributed by atoms with Crippen LogP contribution in [0.2, 0.25) is 0 Å². The van der Waals surface area contributed by atoms with Gasteiger partial charge in [0.25, 0.3) is 0 Å². The molecule has 5 nitrogen and oxygen atoms in total. The molecule has 3 heterocycles. The quantitative estimate of drug-likeness (QED) is 0.775. The summed E-state index contributed by atoms with van der Waals surface area (Å²) in [6.45, 7) is 8.04. The van der Waals surface area contributed by atoms with Gasteiger partial charge in [-0.3, -0.25) is 4.98 Å². The van der Waals surface area contributed by atoms with Crippen LogP contribution in [0.15, 0.2) is 24.5 Å². The van der Waals surface area contributed by atoms with E-state index in [4.69, 9.17) is 0 Å². The van der Waals surface area contributed by atoms with Gasteiger partial charge in [-0.05, 0) is 39.3 Å². The van der Waals surface area contributed by atoms with Crippen LogP contribution >= 0.6 is 0 Å². The van der Waals surface area contributed by atoms with Crippen LogP contribution in [0, 0.1) is 27.7 Å². The first-order chi connectivity index (χ1) is 10.1. The van der Waals surface area contributed by atoms with Crippen LogP contribution in [0.3, 0.4) is 0 Å². The molecular weight excluding hydrogens is 262 g/mol. The molecule has 3 aromatic heterocycles. The molecule has 0 aliphatic rings. The second-order valence-electron chi connectivity index (χ2n) is 5.38. The zero-order chi connectivity index (χ0) is 15.0. The van der Waals surface area contributed by atoms with Crippen LogP contribution in [0.25, 0.3) is 0 Å². The number of aromatic amines is 2. The number of hydrogen-bond acceptors (Lipinski definition) is 3. The van der Waals surface area contributed by atoms with Gasteiger partial charge in [0.15, 0.2) is 0 Å². The Bertz CT molecular complexity index is 708. The normalized spacial score (nSPS) is 11.3. The summed E-state index contributed by atoms with van der Waals surface area (Å²) in [6, 6.07) is 4.02. The molecule has 0 fully saturated rings. The SMILES string of the molecule is Cc1nc(C(c2cccnc2)c2nc(C)[nH]c2C)c(C)[nH]1. The number of pyridine rings is 1. The molecule has 0 aliphatic heterocycles. The highest BCUT2D eigenvalue weighted by Crippen LogP contribution is 2.32. The minimum absolute atomic E-state index is 0.00593. The third-order valence-corrected chi connectivity index (χ3v) is 3.65. The van der Waals surface area contributed by atoms with Crippen molar-refractivity contribution in [1.82, 2.24) is 24.9 Å². The molecule has 0 atom stereocenters. The maximum Gasteiger partial charge on any atom is 0.103 e. The van der Waals surface area contributed by atoms with Gasteiger partial charge in [-0.15, -0.1) is 0 Å². The van der Waals surface area contributed by atoms with Gasteiger partial charge in [0.1, 0.15) is 11.6 Å². The van der Waals surface area contributed by atoms with Gasteiger partial charge in [0, 0.05) is 23.8 Å². The van der Waals surface area contributed by atoms with E-state index in [1.165, 1.54) is 0 Å². The summed E-state index contributed by atoms with van der Waals surface area (Å²) in [7, 11) is 0. The van der Waals surface area contributed by atoms with Crippen molar-refractivity contribution in [2.75, 3.05) is 0 Å². The second kappa shape index (κ2) is 5.16. The van der Waals surface area contributed by atoms with Crippen molar-refractivity contribution in [2.45, 2.75) is 33.6 Å². The molecule has 3 rings (SSSR count). The van der Waals surface area contributed by atoms with Crippen molar-refractivity contribution in [3.8, 4) is 0 Å². The van der Waals surface area contributed by atoms with Crippen molar-refractivity contribution in [3.63, 3.8) is 0 Å². The summed E-state index contributed by atoms with van der Waals surface area (Å²) in [6.07, 6.45) is 3.67. The van der Waals surface area contributed by atoms with Crippen LogP contribution < -0.4 is 0 Å². The number of aryl methyl sites for hydroxylation is 4. The summed E-state index contributed by atoms with van der Waals surface area (Å²) < 4.78 is 0. The van der Waals surface area contributed by atoms with Gasteiger partial charge in [0.05, 0.1) is 17.3 Å². The number of rotatable bonds is 3. The number of nitrogens with one attached hydrogen (secondary N) is 2. The molecule has 2 N–H and O–H groups in total. The molecule has 108 valence electrons. The van der Waals surface area contributed by atoms with Crippen LogP contribution in [-0.2, 0) is 0 Å². The first kappa shape index (κ1) is 13.5. The Labute approximate surface area is 123 Å². The maximum atomic E-state index is 4.68. The lowest BCUT2D eigenvalue weighted by Crippen LogP contribution is -2.08. The van der Waals surface area contributed by atoms with E-state index in [0.717, 1.165) is 40.0 Å². The van der Waals surface area contributed by atoms with E-state index in [1.54, 1.807) is 6.20 Å². The summed E-state index contributed by atoms with van der Waals surface area (Å²) in [5.41, 5.74) is 5.26.